The van der Waals surface area contributed by atoms with Crippen molar-refractivity contribution < 1.29 is 14.3 Å². The van der Waals surface area contributed by atoms with Crippen LogP contribution in [0.1, 0.15) is 40.2 Å². The molecule has 0 atom stereocenters. The number of esters is 1. The molecule has 4 heteroatoms. The maximum atomic E-state index is 11.8. The van der Waals surface area contributed by atoms with E-state index in [0.29, 0.717) is 13.2 Å². The molecule has 112 valence electrons. The molecule has 20 heavy (non-hydrogen) atoms. The highest BCUT2D eigenvalue weighted by Crippen LogP contribution is 2.20. The molecule has 0 heterocycles. The maximum absolute atomic E-state index is 11.8. The Morgan fingerprint density at radius 1 is 1.30 bits per heavy atom. The molecule has 1 aromatic rings. The zero-order valence-electron chi connectivity index (χ0n) is 13.0. The standard InChI is InChI=1S/C16H25NO3/c1-6-19-15(18)16(4,5)17-11-13-9-7-8-10-14(13)20-12(2)3/h7-10,12,17H,6,11H2,1-5H3. The number of hydrogen-bond acceptors (Lipinski definition) is 4. The number of benzene rings is 1. The van der Waals surface area contributed by atoms with Crippen LogP contribution in [0.2, 0.25) is 0 Å². The van der Waals surface area contributed by atoms with E-state index in [4.69, 9.17) is 9.47 Å². The summed E-state index contributed by atoms with van der Waals surface area (Å²) in [4.78, 5) is 11.8. The molecule has 1 N–H and O–H groups in total. The van der Waals surface area contributed by atoms with Gasteiger partial charge in [-0.1, -0.05) is 18.2 Å². The monoisotopic (exact) mass is 279 g/mol. The molecule has 0 aliphatic carbocycles. The molecule has 0 bridgehead atoms. The fourth-order valence-corrected chi connectivity index (χ4v) is 1.72. The molecule has 0 spiro atoms. The highest BCUT2D eigenvalue weighted by atomic mass is 16.5. The van der Waals surface area contributed by atoms with Crippen molar-refractivity contribution in [2.45, 2.75) is 52.8 Å². The van der Waals surface area contributed by atoms with Crippen molar-refractivity contribution in [3.8, 4) is 5.75 Å². The Hall–Kier alpha value is -1.55. The van der Waals surface area contributed by atoms with Crippen molar-refractivity contribution in [1.82, 2.24) is 5.32 Å². The number of hydrogen-bond donors (Lipinski definition) is 1. The molecule has 0 radical (unpaired) electrons. The number of carbonyl (C=O) groups excluding carboxylic acids is 1. The van der Waals surface area contributed by atoms with E-state index >= 15 is 0 Å². The Bertz CT molecular complexity index is 441. The fourth-order valence-electron chi connectivity index (χ4n) is 1.72. The Morgan fingerprint density at radius 2 is 1.95 bits per heavy atom. The molecule has 0 aliphatic rings. The van der Waals surface area contributed by atoms with Crippen LogP contribution in [-0.4, -0.2) is 24.2 Å². The summed E-state index contributed by atoms with van der Waals surface area (Å²) >= 11 is 0. The van der Waals surface area contributed by atoms with Gasteiger partial charge >= 0.3 is 5.97 Å². The third-order valence-electron chi connectivity index (χ3n) is 2.84. The molecule has 0 unspecified atom stereocenters. The zero-order chi connectivity index (χ0) is 15.2. The van der Waals surface area contributed by atoms with E-state index in [2.05, 4.69) is 5.32 Å². The van der Waals surface area contributed by atoms with Crippen molar-refractivity contribution in [2.24, 2.45) is 0 Å². The van der Waals surface area contributed by atoms with Crippen LogP contribution in [-0.2, 0) is 16.1 Å². The summed E-state index contributed by atoms with van der Waals surface area (Å²) in [6, 6.07) is 7.83. The lowest BCUT2D eigenvalue weighted by molar-refractivity contribution is -0.149. The number of nitrogens with one attached hydrogen (secondary N) is 1. The zero-order valence-corrected chi connectivity index (χ0v) is 13.0. The third-order valence-corrected chi connectivity index (χ3v) is 2.84. The Balaban J connectivity index is 2.72. The summed E-state index contributed by atoms with van der Waals surface area (Å²) in [7, 11) is 0. The first-order valence-electron chi connectivity index (χ1n) is 7.03. The van der Waals surface area contributed by atoms with Crippen LogP contribution in [0.15, 0.2) is 24.3 Å². The lowest BCUT2D eigenvalue weighted by Crippen LogP contribution is -2.47. The van der Waals surface area contributed by atoms with Crippen LogP contribution in [0.25, 0.3) is 0 Å². The van der Waals surface area contributed by atoms with E-state index in [0.717, 1.165) is 11.3 Å². The molecule has 0 aliphatic heterocycles. The second-order valence-electron chi connectivity index (χ2n) is 5.47. The van der Waals surface area contributed by atoms with Crippen LogP contribution in [0, 0.1) is 0 Å². The van der Waals surface area contributed by atoms with Gasteiger partial charge in [-0.2, -0.15) is 0 Å². The Morgan fingerprint density at radius 3 is 2.55 bits per heavy atom. The number of carbonyl (C=O) groups is 1. The quantitative estimate of drug-likeness (QED) is 0.780. The van der Waals surface area contributed by atoms with E-state index in [1.54, 1.807) is 6.92 Å². The Kier molecular flexibility index (Phi) is 6.02. The summed E-state index contributed by atoms with van der Waals surface area (Å²) < 4.78 is 10.8. The SMILES string of the molecule is CCOC(=O)C(C)(C)NCc1ccccc1OC(C)C. The summed E-state index contributed by atoms with van der Waals surface area (Å²) in [5.41, 5.74) is 0.305. The fraction of sp³-hybridized carbons (Fsp3) is 0.562. The van der Waals surface area contributed by atoms with Gasteiger partial charge in [-0.25, -0.2) is 0 Å². The van der Waals surface area contributed by atoms with Crippen LogP contribution >= 0.6 is 0 Å². The van der Waals surface area contributed by atoms with Crippen molar-refractivity contribution in [3.63, 3.8) is 0 Å². The molecule has 4 nitrogen and oxygen atoms in total. The highest BCUT2D eigenvalue weighted by molar-refractivity contribution is 5.79. The highest BCUT2D eigenvalue weighted by Gasteiger charge is 2.28. The van der Waals surface area contributed by atoms with Crippen LogP contribution in [0.3, 0.4) is 0 Å². The molecule has 0 aromatic heterocycles. The minimum absolute atomic E-state index is 0.120. The van der Waals surface area contributed by atoms with Gasteiger partial charge in [0.25, 0.3) is 0 Å². The van der Waals surface area contributed by atoms with Gasteiger partial charge in [0.05, 0.1) is 12.7 Å². The number of ether oxygens (including phenoxy) is 2. The predicted molar refractivity (Wildman–Crippen MR) is 79.8 cm³/mol. The third kappa shape index (κ3) is 4.85. The first kappa shape index (κ1) is 16.5. The molecule has 1 aromatic carbocycles. The van der Waals surface area contributed by atoms with Crippen LogP contribution in [0.5, 0.6) is 5.75 Å². The molecule has 0 fully saturated rings. The van der Waals surface area contributed by atoms with Crippen molar-refractivity contribution in [1.29, 1.82) is 0 Å². The van der Waals surface area contributed by atoms with Crippen molar-refractivity contribution >= 4 is 5.97 Å². The van der Waals surface area contributed by atoms with Crippen molar-refractivity contribution in [3.05, 3.63) is 29.8 Å². The van der Waals surface area contributed by atoms with E-state index in [9.17, 15) is 4.79 Å². The van der Waals surface area contributed by atoms with E-state index in [1.165, 1.54) is 0 Å². The molecule has 0 saturated carbocycles. The summed E-state index contributed by atoms with van der Waals surface area (Å²) in [5.74, 6) is 0.594. The van der Waals surface area contributed by atoms with Gasteiger partial charge < -0.3 is 9.47 Å². The van der Waals surface area contributed by atoms with Gasteiger partial charge in [-0.3, -0.25) is 10.1 Å². The van der Waals surface area contributed by atoms with Gasteiger partial charge in [0.2, 0.25) is 0 Å². The summed E-state index contributed by atoms with van der Waals surface area (Å²) in [6.07, 6.45) is 0.120. The summed E-state index contributed by atoms with van der Waals surface area (Å²) in [6.45, 7) is 10.4. The first-order chi connectivity index (χ1) is 9.36. The number of para-hydroxylation sites is 1. The normalized spacial score (nSPS) is 11.5. The number of rotatable bonds is 7. The second-order valence-corrected chi connectivity index (χ2v) is 5.47. The molecular formula is C16H25NO3. The van der Waals surface area contributed by atoms with Gasteiger partial charge in [-0.15, -0.1) is 0 Å². The van der Waals surface area contributed by atoms with Crippen LogP contribution < -0.4 is 10.1 Å². The molecule has 0 amide bonds. The minimum atomic E-state index is -0.721. The largest absolute Gasteiger partial charge is 0.491 e. The lowest BCUT2D eigenvalue weighted by Gasteiger charge is -2.24. The minimum Gasteiger partial charge on any atom is -0.491 e. The smallest absolute Gasteiger partial charge is 0.325 e. The van der Waals surface area contributed by atoms with E-state index in [-0.39, 0.29) is 12.1 Å². The van der Waals surface area contributed by atoms with E-state index in [1.807, 2.05) is 52.0 Å². The average molecular weight is 279 g/mol. The maximum Gasteiger partial charge on any atom is 0.325 e. The van der Waals surface area contributed by atoms with Crippen LogP contribution in [0.4, 0.5) is 0 Å². The second kappa shape index (κ2) is 7.29. The Labute approximate surface area is 121 Å². The first-order valence-corrected chi connectivity index (χ1v) is 7.03. The van der Waals surface area contributed by atoms with Gasteiger partial charge in [-0.05, 0) is 40.7 Å². The summed E-state index contributed by atoms with van der Waals surface area (Å²) in [5, 5.41) is 3.22. The lowest BCUT2D eigenvalue weighted by atomic mass is 10.1. The molecular weight excluding hydrogens is 254 g/mol. The molecule has 0 saturated heterocycles. The van der Waals surface area contributed by atoms with Crippen molar-refractivity contribution in [2.75, 3.05) is 6.61 Å². The van der Waals surface area contributed by atoms with Gasteiger partial charge in [0.1, 0.15) is 11.3 Å². The molecule has 1 rings (SSSR count). The average Bonchev–Trinajstić information content (AvgIpc) is 2.37. The topological polar surface area (TPSA) is 47.6 Å². The predicted octanol–water partition coefficient (Wildman–Crippen LogP) is 2.91. The van der Waals surface area contributed by atoms with Gasteiger partial charge in [0, 0.05) is 12.1 Å². The van der Waals surface area contributed by atoms with E-state index < -0.39 is 5.54 Å². The van der Waals surface area contributed by atoms with Gasteiger partial charge in [0.15, 0.2) is 0 Å².